The summed E-state index contributed by atoms with van der Waals surface area (Å²) in [5.41, 5.74) is 1.78. The molecule has 0 fully saturated rings. The second-order valence-corrected chi connectivity index (χ2v) is 6.77. The van der Waals surface area contributed by atoms with Gasteiger partial charge < -0.3 is 4.74 Å². The summed E-state index contributed by atoms with van der Waals surface area (Å²) in [4.78, 5) is 17.5. The van der Waals surface area contributed by atoms with E-state index in [0.29, 0.717) is 5.13 Å². The Labute approximate surface area is 153 Å². The maximum atomic E-state index is 13.4. The van der Waals surface area contributed by atoms with Gasteiger partial charge in [-0.15, -0.1) is 23.1 Å². The number of halogens is 1. The lowest BCUT2D eigenvalue weighted by molar-refractivity contribution is -0.118. The third kappa shape index (κ3) is 4.58. The van der Waals surface area contributed by atoms with Crippen molar-refractivity contribution in [3.8, 4) is 17.0 Å². The van der Waals surface area contributed by atoms with Crippen LogP contribution in [0.25, 0.3) is 11.3 Å². The summed E-state index contributed by atoms with van der Waals surface area (Å²) < 4.78 is 18.6. The molecule has 1 heterocycles. The number of aromatic nitrogens is 1. The number of hydrogen-bond acceptors (Lipinski definition) is 5. The number of benzene rings is 2. The summed E-state index contributed by atoms with van der Waals surface area (Å²) in [7, 11) is 0. The molecule has 0 aliphatic rings. The highest BCUT2D eigenvalue weighted by Crippen LogP contribution is 2.26. The molecule has 0 bridgehead atoms. The first-order valence-electron chi connectivity index (χ1n) is 7.43. The Morgan fingerprint density at radius 1 is 1.24 bits per heavy atom. The fourth-order valence-electron chi connectivity index (χ4n) is 2.09. The first kappa shape index (κ1) is 17.4. The molecular formula is C18H15FN2O2S2. The van der Waals surface area contributed by atoms with E-state index in [1.165, 1.54) is 28.4 Å². The molecule has 0 saturated carbocycles. The Morgan fingerprint density at radius 2 is 2.00 bits per heavy atom. The molecule has 25 heavy (non-hydrogen) atoms. The molecule has 3 aromatic rings. The quantitative estimate of drug-likeness (QED) is 0.636. The Balaban J connectivity index is 1.59. The zero-order chi connectivity index (χ0) is 17.6. The van der Waals surface area contributed by atoms with Gasteiger partial charge in [-0.05, 0) is 30.5 Å². The van der Waals surface area contributed by atoms with E-state index in [0.717, 1.165) is 11.3 Å². The smallest absolute Gasteiger partial charge is 0.264 e. The number of ether oxygens (including phenoxy) is 1. The van der Waals surface area contributed by atoms with E-state index >= 15 is 0 Å². The van der Waals surface area contributed by atoms with Crippen LogP contribution in [0.15, 0.2) is 58.8 Å². The van der Waals surface area contributed by atoms with Gasteiger partial charge in [0.1, 0.15) is 0 Å². The van der Waals surface area contributed by atoms with Crippen molar-refractivity contribution in [2.45, 2.75) is 4.90 Å². The van der Waals surface area contributed by atoms with Gasteiger partial charge in [0, 0.05) is 15.8 Å². The van der Waals surface area contributed by atoms with Gasteiger partial charge in [0.25, 0.3) is 5.91 Å². The molecule has 1 N–H and O–H groups in total. The van der Waals surface area contributed by atoms with Crippen LogP contribution in [0.5, 0.6) is 5.75 Å². The van der Waals surface area contributed by atoms with Gasteiger partial charge >= 0.3 is 0 Å². The molecule has 128 valence electrons. The molecule has 7 heteroatoms. The standard InChI is InChI=1S/C18H15FN2O2S2/c1-24-13-8-6-12(7-9-13)15-11-25-18(20-15)21-17(22)10-23-16-5-3-2-4-14(16)19/h2-9,11H,10H2,1H3,(H,20,21,22). The molecule has 0 spiro atoms. The fraction of sp³-hybridized carbons (Fsp3) is 0.111. The fourth-order valence-corrected chi connectivity index (χ4v) is 3.23. The van der Waals surface area contributed by atoms with E-state index in [9.17, 15) is 9.18 Å². The molecule has 0 radical (unpaired) electrons. The average molecular weight is 374 g/mol. The van der Waals surface area contributed by atoms with Crippen LogP contribution in [-0.2, 0) is 4.79 Å². The Bertz CT molecular complexity index is 866. The van der Waals surface area contributed by atoms with Crippen molar-refractivity contribution in [1.29, 1.82) is 0 Å². The molecule has 0 aliphatic heterocycles. The van der Waals surface area contributed by atoms with Crippen molar-refractivity contribution < 1.29 is 13.9 Å². The lowest BCUT2D eigenvalue weighted by Crippen LogP contribution is -2.20. The van der Waals surface area contributed by atoms with Crippen molar-refractivity contribution in [2.24, 2.45) is 0 Å². The second kappa shape index (κ2) is 8.13. The molecule has 0 atom stereocenters. The molecule has 0 unspecified atom stereocenters. The maximum absolute atomic E-state index is 13.4. The van der Waals surface area contributed by atoms with Crippen LogP contribution in [0.4, 0.5) is 9.52 Å². The molecule has 3 rings (SSSR count). The van der Waals surface area contributed by atoms with Gasteiger partial charge in [0.15, 0.2) is 23.3 Å². The van der Waals surface area contributed by atoms with Gasteiger partial charge in [-0.1, -0.05) is 24.3 Å². The summed E-state index contributed by atoms with van der Waals surface area (Å²) in [6, 6.07) is 14.0. The Morgan fingerprint density at radius 3 is 2.72 bits per heavy atom. The van der Waals surface area contributed by atoms with Crippen LogP contribution in [0.1, 0.15) is 0 Å². The SMILES string of the molecule is CSc1ccc(-c2csc(NC(=O)COc3ccccc3F)n2)cc1. The number of para-hydroxylation sites is 1. The summed E-state index contributed by atoms with van der Waals surface area (Å²) in [6.45, 7) is -0.279. The van der Waals surface area contributed by atoms with Gasteiger partial charge in [0.05, 0.1) is 5.69 Å². The topological polar surface area (TPSA) is 51.2 Å². The molecular weight excluding hydrogens is 359 g/mol. The second-order valence-electron chi connectivity index (χ2n) is 5.03. The number of carbonyl (C=O) groups is 1. The number of rotatable bonds is 6. The predicted octanol–water partition coefficient (Wildman–Crippen LogP) is 4.69. The normalized spacial score (nSPS) is 10.5. The molecule has 1 aromatic heterocycles. The summed E-state index contributed by atoms with van der Waals surface area (Å²) >= 11 is 3.01. The van der Waals surface area contributed by atoms with E-state index < -0.39 is 5.82 Å². The number of carbonyl (C=O) groups excluding carboxylic acids is 1. The highest BCUT2D eigenvalue weighted by atomic mass is 32.2. The van der Waals surface area contributed by atoms with E-state index in [-0.39, 0.29) is 18.3 Å². The van der Waals surface area contributed by atoms with Crippen LogP contribution in [0.2, 0.25) is 0 Å². The lowest BCUT2D eigenvalue weighted by Gasteiger charge is -2.06. The van der Waals surface area contributed by atoms with Gasteiger partial charge in [0.2, 0.25) is 0 Å². The van der Waals surface area contributed by atoms with Gasteiger partial charge in [-0.3, -0.25) is 10.1 Å². The molecule has 0 saturated heterocycles. The monoisotopic (exact) mass is 374 g/mol. The number of thiazole rings is 1. The summed E-state index contributed by atoms with van der Waals surface area (Å²) in [5.74, 6) is -0.839. The number of thioether (sulfide) groups is 1. The number of nitrogens with zero attached hydrogens (tertiary/aromatic N) is 1. The number of amides is 1. The first-order valence-corrected chi connectivity index (χ1v) is 9.53. The highest BCUT2D eigenvalue weighted by molar-refractivity contribution is 7.98. The van der Waals surface area contributed by atoms with Crippen molar-refractivity contribution in [3.05, 3.63) is 59.7 Å². The summed E-state index contributed by atoms with van der Waals surface area (Å²) in [5, 5.41) is 5.02. The van der Waals surface area contributed by atoms with E-state index in [4.69, 9.17) is 4.74 Å². The average Bonchev–Trinajstić information content (AvgIpc) is 3.09. The molecule has 0 aliphatic carbocycles. The minimum absolute atomic E-state index is 0.0476. The van der Waals surface area contributed by atoms with Crippen LogP contribution in [-0.4, -0.2) is 23.8 Å². The Hall–Kier alpha value is -2.38. The van der Waals surface area contributed by atoms with Crippen LogP contribution >= 0.6 is 23.1 Å². The molecule has 1 amide bonds. The highest BCUT2D eigenvalue weighted by Gasteiger charge is 2.10. The van der Waals surface area contributed by atoms with Crippen molar-refractivity contribution in [3.63, 3.8) is 0 Å². The third-order valence-corrected chi connectivity index (χ3v) is 4.83. The minimum Gasteiger partial charge on any atom is -0.481 e. The van der Waals surface area contributed by atoms with Crippen LogP contribution in [0.3, 0.4) is 0 Å². The van der Waals surface area contributed by atoms with Crippen LogP contribution in [0, 0.1) is 5.82 Å². The zero-order valence-corrected chi connectivity index (χ0v) is 15.0. The van der Waals surface area contributed by atoms with Gasteiger partial charge in [-0.25, -0.2) is 9.37 Å². The minimum atomic E-state index is -0.500. The number of anilines is 1. The number of nitrogens with one attached hydrogen (secondary N) is 1. The largest absolute Gasteiger partial charge is 0.481 e. The zero-order valence-electron chi connectivity index (χ0n) is 13.4. The van der Waals surface area contributed by atoms with Crippen LogP contribution < -0.4 is 10.1 Å². The lowest BCUT2D eigenvalue weighted by atomic mass is 10.2. The van der Waals surface area contributed by atoms with Crippen molar-refractivity contribution in [1.82, 2.24) is 4.98 Å². The first-order chi connectivity index (χ1) is 12.2. The predicted molar refractivity (Wildman–Crippen MR) is 99.9 cm³/mol. The molecule has 2 aromatic carbocycles. The van der Waals surface area contributed by atoms with E-state index in [1.807, 2.05) is 35.9 Å². The maximum Gasteiger partial charge on any atom is 0.264 e. The molecule has 4 nitrogen and oxygen atoms in total. The van der Waals surface area contributed by atoms with E-state index in [2.05, 4.69) is 10.3 Å². The Kier molecular flexibility index (Phi) is 5.67. The third-order valence-electron chi connectivity index (χ3n) is 3.33. The van der Waals surface area contributed by atoms with Crippen molar-refractivity contribution in [2.75, 3.05) is 18.2 Å². The van der Waals surface area contributed by atoms with E-state index in [1.54, 1.807) is 23.9 Å². The van der Waals surface area contributed by atoms with Gasteiger partial charge in [-0.2, -0.15) is 0 Å². The summed E-state index contributed by atoms with van der Waals surface area (Å²) in [6.07, 6.45) is 2.02. The number of hydrogen-bond donors (Lipinski definition) is 1. The van der Waals surface area contributed by atoms with Crippen molar-refractivity contribution >= 4 is 34.1 Å².